The van der Waals surface area contributed by atoms with E-state index in [1.165, 1.54) is 0 Å². The van der Waals surface area contributed by atoms with Crippen molar-refractivity contribution in [1.29, 1.82) is 0 Å². The van der Waals surface area contributed by atoms with Crippen LogP contribution in [0.4, 0.5) is 5.82 Å². The van der Waals surface area contributed by atoms with Crippen LogP contribution in [-0.2, 0) is 0 Å². The Morgan fingerprint density at radius 3 is 2.53 bits per heavy atom. The molecule has 1 aromatic heterocycles. The smallest absolute Gasteiger partial charge is 0.303 e. The predicted octanol–water partition coefficient (Wildman–Crippen LogP) is 3.49. The minimum atomic E-state index is 0.194. The molecule has 0 spiro atoms. The van der Waals surface area contributed by atoms with Crippen molar-refractivity contribution in [3.05, 3.63) is 35.5 Å². The van der Waals surface area contributed by atoms with Crippen LogP contribution in [0, 0.1) is 0 Å². The number of hydrogen-bond donors (Lipinski definition) is 1. The van der Waals surface area contributed by atoms with E-state index in [9.17, 15) is 0 Å². The van der Waals surface area contributed by atoms with Crippen molar-refractivity contribution in [3.63, 3.8) is 0 Å². The molecule has 0 aliphatic heterocycles. The van der Waals surface area contributed by atoms with E-state index < -0.39 is 0 Å². The van der Waals surface area contributed by atoms with Gasteiger partial charge >= 0.3 is 6.01 Å². The lowest BCUT2D eigenvalue weighted by molar-refractivity contribution is 0.398. The maximum absolute atomic E-state index is 5.82. The quantitative estimate of drug-likeness (QED) is 0.909. The third kappa shape index (κ3) is 2.53. The van der Waals surface area contributed by atoms with Crippen LogP contribution in [0.5, 0.6) is 11.8 Å². The van der Waals surface area contributed by atoms with Gasteiger partial charge in [0.05, 0.1) is 6.20 Å². The molecule has 1 heterocycles. The van der Waals surface area contributed by atoms with Gasteiger partial charge in [-0.3, -0.25) is 4.57 Å². The minimum Gasteiger partial charge on any atom is -0.425 e. The Morgan fingerprint density at radius 1 is 1.29 bits per heavy atom. The second-order valence-corrected chi connectivity index (χ2v) is 4.42. The monoisotopic (exact) mass is 251 g/mol. The number of nitrogens with zero attached hydrogens (tertiary/aromatic N) is 2. The molecule has 0 saturated heterocycles. The van der Waals surface area contributed by atoms with Crippen LogP contribution in [0.25, 0.3) is 0 Å². The van der Waals surface area contributed by atoms with Crippen molar-refractivity contribution >= 4 is 17.4 Å². The lowest BCUT2D eigenvalue weighted by Crippen LogP contribution is -2.06. The van der Waals surface area contributed by atoms with E-state index in [0.29, 0.717) is 22.6 Å². The fourth-order valence-corrected chi connectivity index (χ4v) is 1.68. The number of nitrogen functional groups attached to an aromatic ring is 1. The lowest BCUT2D eigenvalue weighted by atomic mass is 10.3. The molecular formula is C12H14ClN3O. The number of halogens is 1. The van der Waals surface area contributed by atoms with E-state index in [1.54, 1.807) is 30.5 Å². The van der Waals surface area contributed by atoms with Crippen LogP contribution in [-0.4, -0.2) is 9.55 Å². The molecular weight excluding hydrogens is 238 g/mol. The number of imidazole rings is 1. The summed E-state index contributed by atoms with van der Waals surface area (Å²) >= 11 is 5.80. The van der Waals surface area contributed by atoms with Crippen LogP contribution in [0.2, 0.25) is 5.02 Å². The molecule has 0 bridgehead atoms. The summed E-state index contributed by atoms with van der Waals surface area (Å²) in [5.41, 5.74) is 5.82. The summed E-state index contributed by atoms with van der Waals surface area (Å²) in [6.07, 6.45) is 1.59. The molecule has 0 aliphatic rings. The van der Waals surface area contributed by atoms with Crippen molar-refractivity contribution in [2.75, 3.05) is 5.73 Å². The number of ether oxygens (including phenoxy) is 1. The highest BCUT2D eigenvalue weighted by Gasteiger charge is 2.12. The molecule has 2 rings (SSSR count). The van der Waals surface area contributed by atoms with Crippen molar-refractivity contribution in [2.45, 2.75) is 19.9 Å². The van der Waals surface area contributed by atoms with E-state index >= 15 is 0 Å². The summed E-state index contributed by atoms with van der Waals surface area (Å²) in [7, 11) is 0. The number of aromatic nitrogens is 2. The summed E-state index contributed by atoms with van der Waals surface area (Å²) < 4.78 is 7.49. The van der Waals surface area contributed by atoms with E-state index in [-0.39, 0.29) is 6.04 Å². The molecule has 0 amide bonds. The SMILES string of the molecule is CC(C)n1c(N)cnc1Oc1ccc(Cl)cc1. The van der Waals surface area contributed by atoms with Crippen molar-refractivity contribution in [2.24, 2.45) is 0 Å². The van der Waals surface area contributed by atoms with Crippen LogP contribution in [0.1, 0.15) is 19.9 Å². The molecule has 2 aromatic rings. The molecule has 0 radical (unpaired) electrons. The van der Waals surface area contributed by atoms with Crippen LogP contribution in [0.3, 0.4) is 0 Å². The molecule has 1 aromatic carbocycles. The average molecular weight is 252 g/mol. The van der Waals surface area contributed by atoms with Gasteiger partial charge in [-0.15, -0.1) is 0 Å². The second-order valence-electron chi connectivity index (χ2n) is 3.99. The first-order valence-electron chi connectivity index (χ1n) is 5.34. The Morgan fingerprint density at radius 2 is 1.94 bits per heavy atom. The third-order valence-corrected chi connectivity index (χ3v) is 2.58. The number of anilines is 1. The number of nitrogens with two attached hydrogens (primary N) is 1. The zero-order valence-electron chi connectivity index (χ0n) is 9.72. The summed E-state index contributed by atoms with van der Waals surface area (Å²) in [4.78, 5) is 4.14. The van der Waals surface area contributed by atoms with Crippen LogP contribution < -0.4 is 10.5 Å². The highest BCUT2D eigenvalue weighted by molar-refractivity contribution is 6.30. The van der Waals surface area contributed by atoms with Gasteiger partial charge in [-0.05, 0) is 38.1 Å². The Hall–Kier alpha value is -1.68. The molecule has 2 N–H and O–H groups in total. The lowest BCUT2D eigenvalue weighted by Gasteiger charge is -2.13. The normalized spacial score (nSPS) is 10.8. The average Bonchev–Trinajstić information content (AvgIpc) is 2.63. The molecule has 4 nitrogen and oxygen atoms in total. The van der Waals surface area contributed by atoms with E-state index in [4.69, 9.17) is 22.1 Å². The largest absolute Gasteiger partial charge is 0.425 e. The fourth-order valence-electron chi connectivity index (χ4n) is 1.56. The van der Waals surface area contributed by atoms with Crippen LogP contribution >= 0.6 is 11.6 Å². The maximum Gasteiger partial charge on any atom is 0.303 e. The zero-order chi connectivity index (χ0) is 12.4. The molecule has 0 saturated carbocycles. The van der Waals surface area contributed by atoms with Gasteiger partial charge in [-0.2, -0.15) is 0 Å². The van der Waals surface area contributed by atoms with Crippen molar-refractivity contribution in [1.82, 2.24) is 9.55 Å². The fraction of sp³-hybridized carbons (Fsp3) is 0.250. The van der Waals surface area contributed by atoms with Crippen molar-refractivity contribution in [3.8, 4) is 11.8 Å². The van der Waals surface area contributed by atoms with Gasteiger partial charge in [-0.25, -0.2) is 4.98 Å². The molecule has 5 heteroatoms. The first-order chi connectivity index (χ1) is 8.08. The Kier molecular flexibility index (Phi) is 3.24. The second kappa shape index (κ2) is 4.67. The van der Waals surface area contributed by atoms with Crippen molar-refractivity contribution < 1.29 is 4.74 Å². The van der Waals surface area contributed by atoms with Gasteiger partial charge in [0, 0.05) is 11.1 Å². The summed E-state index contributed by atoms with van der Waals surface area (Å²) in [5.74, 6) is 1.27. The maximum atomic E-state index is 5.82. The van der Waals surface area contributed by atoms with Gasteiger partial charge < -0.3 is 10.5 Å². The first kappa shape index (κ1) is 11.8. The van der Waals surface area contributed by atoms with E-state index in [0.717, 1.165) is 0 Å². The molecule has 0 aliphatic carbocycles. The Bertz CT molecular complexity index is 505. The molecule has 90 valence electrons. The zero-order valence-corrected chi connectivity index (χ0v) is 10.5. The molecule has 0 unspecified atom stereocenters. The van der Waals surface area contributed by atoms with Gasteiger partial charge in [0.15, 0.2) is 0 Å². The topological polar surface area (TPSA) is 53.1 Å². The highest BCUT2D eigenvalue weighted by atomic mass is 35.5. The highest BCUT2D eigenvalue weighted by Crippen LogP contribution is 2.26. The minimum absolute atomic E-state index is 0.194. The molecule has 0 atom stereocenters. The van der Waals surface area contributed by atoms with Gasteiger partial charge in [0.25, 0.3) is 0 Å². The Labute approximate surface area is 105 Å². The first-order valence-corrected chi connectivity index (χ1v) is 5.72. The molecule has 0 fully saturated rings. The Balaban J connectivity index is 2.27. The molecule has 17 heavy (non-hydrogen) atoms. The van der Waals surface area contributed by atoms with Crippen LogP contribution in [0.15, 0.2) is 30.5 Å². The summed E-state index contributed by atoms with van der Waals surface area (Å²) in [6.45, 7) is 4.04. The predicted molar refractivity (Wildman–Crippen MR) is 68.6 cm³/mol. The van der Waals surface area contributed by atoms with Gasteiger partial charge in [0.1, 0.15) is 11.6 Å². The van der Waals surface area contributed by atoms with Gasteiger partial charge in [-0.1, -0.05) is 11.6 Å². The number of rotatable bonds is 3. The summed E-state index contributed by atoms with van der Waals surface area (Å²) in [6, 6.07) is 7.79. The summed E-state index contributed by atoms with van der Waals surface area (Å²) in [5, 5.41) is 0.670. The van der Waals surface area contributed by atoms with E-state index in [2.05, 4.69) is 4.98 Å². The third-order valence-electron chi connectivity index (χ3n) is 2.33. The standard InChI is InChI=1S/C12H14ClN3O/c1-8(2)16-11(14)7-15-12(16)17-10-5-3-9(13)4-6-10/h3-8H,14H2,1-2H3. The van der Waals surface area contributed by atoms with Gasteiger partial charge in [0.2, 0.25) is 0 Å². The number of benzene rings is 1. The van der Waals surface area contributed by atoms with E-state index in [1.807, 2.05) is 18.4 Å². The number of hydrogen-bond acceptors (Lipinski definition) is 3.